The van der Waals surface area contributed by atoms with Crippen LogP contribution < -0.4 is 10.3 Å². The van der Waals surface area contributed by atoms with Gasteiger partial charge in [-0.3, -0.25) is 9.20 Å². The van der Waals surface area contributed by atoms with Crippen molar-refractivity contribution in [3.8, 4) is 5.75 Å². The van der Waals surface area contributed by atoms with Gasteiger partial charge in [-0.05, 0) is 65.4 Å². The Hall–Kier alpha value is -1.89. The second-order valence-electron chi connectivity index (χ2n) is 4.76. The fourth-order valence-electron chi connectivity index (χ4n) is 2.04. The number of pyridine rings is 1. The molecule has 21 heavy (non-hydrogen) atoms. The fourth-order valence-corrected chi connectivity index (χ4v) is 2.56. The Labute approximate surface area is 135 Å². The van der Waals surface area contributed by atoms with Gasteiger partial charge in [0.1, 0.15) is 18.0 Å². The second-order valence-corrected chi connectivity index (χ2v) is 6.01. The van der Waals surface area contributed by atoms with Gasteiger partial charge in [0.05, 0.1) is 5.69 Å². The van der Waals surface area contributed by atoms with E-state index in [9.17, 15) is 4.79 Å². The summed E-state index contributed by atoms with van der Waals surface area (Å²) in [4.78, 5) is 16.5. The molecule has 0 unspecified atom stereocenters. The average Bonchev–Trinajstić information content (AvgIpc) is 2.45. The number of hydrogen-bond acceptors (Lipinski definition) is 3. The molecule has 3 aromatic rings. The molecule has 0 bridgehead atoms. The van der Waals surface area contributed by atoms with Crippen molar-refractivity contribution in [2.75, 3.05) is 0 Å². The van der Waals surface area contributed by atoms with E-state index in [4.69, 9.17) is 4.74 Å². The van der Waals surface area contributed by atoms with Crippen molar-refractivity contribution >= 4 is 28.2 Å². The summed E-state index contributed by atoms with van der Waals surface area (Å²) in [6, 6.07) is 13.0. The van der Waals surface area contributed by atoms with Crippen LogP contribution in [-0.4, -0.2) is 9.38 Å². The lowest BCUT2D eigenvalue weighted by molar-refractivity contribution is 0.301. The normalized spacial score (nSPS) is 10.8. The van der Waals surface area contributed by atoms with Gasteiger partial charge in [-0.1, -0.05) is 6.07 Å². The quantitative estimate of drug-likeness (QED) is 0.644. The number of rotatable bonds is 3. The molecule has 1 aromatic carbocycles. The molecule has 0 aliphatic carbocycles. The van der Waals surface area contributed by atoms with Crippen molar-refractivity contribution in [1.82, 2.24) is 9.38 Å². The molecule has 0 fully saturated rings. The Morgan fingerprint density at radius 1 is 1.24 bits per heavy atom. The van der Waals surface area contributed by atoms with E-state index in [1.165, 1.54) is 10.5 Å². The number of aryl methyl sites for hydroxylation is 1. The van der Waals surface area contributed by atoms with E-state index in [1.54, 1.807) is 6.20 Å². The first kappa shape index (κ1) is 14.1. The summed E-state index contributed by atoms with van der Waals surface area (Å²) in [5.74, 6) is 0.771. The van der Waals surface area contributed by atoms with Gasteiger partial charge in [0.25, 0.3) is 5.56 Å². The third-order valence-electron chi connectivity index (χ3n) is 3.06. The zero-order valence-electron chi connectivity index (χ0n) is 11.4. The van der Waals surface area contributed by atoms with Crippen LogP contribution in [-0.2, 0) is 6.61 Å². The SMILES string of the molecule is Cc1ccn2c(=O)cc(COc3cccc(I)c3)nc2c1. The van der Waals surface area contributed by atoms with Crippen LogP contribution >= 0.6 is 22.6 Å². The van der Waals surface area contributed by atoms with E-state index in [-0.39, 0.29) is 12.2 Å². The summed E-state index contributed by atoms with van der Waals surface area (Å²) < 4.78 is 8.33. The number of hydrogen-bond donors (Lipinski definition) is 0. The average molecular weight is 392 g/mol. The summed E-state index contributed by atoms with van der Waals surface area (Å²) in [6.45, 7) is 2.25. The number of aromatic nitrogens is 2. The first-order valence-electron chi connectivity index (χ1n) is 6.49. The first-order valence-corrected chi connectivity index (χ1v) is 7.57. The highest BCUT2D eigenvalue weighted by Gasteiger charge is 2.04. The predicted octanol–water partition coefficient (Wildman–Crippen LogP) is 3.19. The number of ether oxygens (including phenoxy) is 1. The van der Waals surface area contributed by atoms with Crippen LogP contribution in [0.3, 0.4) is 0 Å². The van der Waals surface area contributed by atoms with Crippen molar-refractivity contribution < 1.29 is 4.74 Å². The molecule has 0 saturated heterocycles. The van der Waals surface area contributed by atoms with Crippen molar-refractivity contribution in [3.63, 3.8) is 0 Å². The largest absolute Gasteiger partial charge is 0.487 e. The minimum absolute atomic E-state index is 0.0961. The topological polar surface area (TPSA) is 43.6 Å². The van der Waals surface area contributed by atoms with Gasteiger partial charge in [-0.25, -0.2) is 4.98 Å². The van der Waals surface area contributed by atoms with Gasteiger partial charge in [-0.2, -0.15) is 0 Å². The van der Waals surface area contributed by atoms with Crippen LogP contribution in [0.1, 0.15) is 11.3 Å². The first-order chi connectivity index (χ1) is 10.1. The van der Waals surface area contributed by atoms with E-state index in [0.29, 0.717) is 11.3 Å². The highest BCUT2D eigenvalue weighted by Crippen LogP contribution is 2.16. The molecule has 4 nitrogen and oxygen atoms in total. The Balaban J connectivity index is 1.89. The molecule has 0 aliphatic rings. The molecule has 0 spiro atoms. The standard InChI is InChI=1S/C16H13IN2O2/c1-11-5-6-19-15(7-11)18-13(9-16(19)20)10-21-14-4-2-3-12(17)8-14/h2-9H,10H2,1H3. The van der Waals surface area contributed by atoms with E-state index in [1.807, 2.05) is 43.3 Å². The Morgan fingerprint density at radius 2 is 2.10 bits per heavy atom. The van der Waals surface area contributed by atoms with Gasteiger partial charge in [0.15, 0.2) is 0 Å². The zero-order chi connectivity index (χ0) is 14.8. The van der Waals surface area contributed by atoms with E-state index < -0.39 is 0 Å². The van der Waals surface area contributed by atoms with Gasteiger partial charge >= 0.3 is 0 Å². The minimum atomic E-state index is -0.0961. The maximum atomic E-state index is 12.0. The molecular formula is C16H13IN2O2. The molecule has 0 atom stereocenters. The second kappa shape index (κ2) is 5.85. The third-order valence-corrected chi connectivity index (χ3v) is 3.73. The monoisotopic (exact) mass is 392 g/mol. The van der Waals surface area contributed by atoms with Crippen LogP contribution in [0, 0.1) is 10.5 Å². The molecule has 0 saturated carbocycles. The summed E-state index contributed by atoms with van der Waals surface area (Å²) in [7, 11) is 0. The smallest absolute Gasteiger partial charge is 0.258 e. The van der Waals surface area contributed by atoms with Crippen LogP contribution in [0.4, 0.5) is 0 Å². The summed E-state index contributed by atoms with van der Waals surface area (Å²) >= 11 is 2.23. The maximum absolute atomic E-state index is 12.0. The van der Waals surface area contributed by atoms with Crippen molar-refractivity contribution in [2.24, 2.45) is 0 Å². The molecule has 0 radical (unpaired) electrons. The lowest BCUT2D eigenvalue weighted by Gasteiger charge is -2.07. The highest BCUT2D eigenvalue weighted by atomic mass is 127. The van der Waals surface area contributed by atoms with E-state index in [0.717, 1.165) is 14.9 Å². The van der Waals surface area contributed by atoms with Crippen LogP contribution in [0.2, 0.25) is 0 Å². The number of halogens is 1. The Bertz CT molecular complexity index is 858. The predicted molar refractivity (Wildman–Crippen MR) is 89.7 cm³/mol. The van der Waals surface area contributed by atoms with Crippen molar-refractivity contribution in [1.29, 1.82) is 0 Å². The summed E-state index contributed by atoms with van der Waals surface area (Å²) in [6.07, 6.45) is 1.74. The third kappa shape index (κ3) is 3.24. The van der Waals surface area contributed by atoms with Gasteiger partial charge < -0.3 is 4.74 Å². The van der Waals surface area contributed by atoms with Crippen molar-refractivity contribution in [2.45, 2.75) is 13.5 Å². The molecule has 106 valence electrons. The maximum Gasteiger partial charge on any atom is 0.258 e. The summed E-state index contributed by atoms with van der Waals surface area (Å²) in [5.41, 5.74) is 2.24. The van der Waals surface area contributed by atoms with E-state index in [2.05, 4.69) is 27.6 Å². The van der Waals surface area contributed by atoms with E-state index >= 15 is 0 Å². The van der Waals surface area contributed by atoms with Crippen LogP contribution in [0.15, 0.2) is 53.5 Å². The molecule has 0 amide bonds. The molecular weight excluding hydrogens is 379 g/mol. The Morgan fingerprint density at radius 3 is 2.90 bits per heavy atom. The van der Waals surface area contributed by atoms with Crippen molar-refractivity contribution in [3.05, 3.63) is 73.8 Å². The molecule has 2 heterocycles. The molecule has 0 N–H and O–H groups in total. The summed E-state index contributed by atoms with van der Waals surface area (Å²) in [5, 5.41) is 0. The number of benzene rings is 1. The van der Waals surface area contributed by atoms with Crippen LogP contribution in [0.5, 0.6) is 5.75 Å². The van der Waals surface area contributed by atoms with Crippen LogP contribution in [0.25, 0.3) is 5.65 Å². The van der Waals surface area contributed by atoms with Gasteiger partial charge in [0, 0.05) is 15.8 Å². The number of nitrogens with zero attached hydrogens (tertiary/aromatic N) is 2. The molecule has 2 aromatic heterocycles. The lowest BCUT2D eigenvalue weighted by atomic mass is 10.3. The molecule has 5 heteroatoms. The Kier molecular flexibility index (Phi) is 3.92. The zero-order valence-corrected chi connectivity index (χ0v) is 13.6. The lowest BCUT2D eigenvalue weighted by Crippen LogP contribution is -2.16. The number of fused-ring (bicyclic) bond motifs is 1. The minimum Gasteiger partial charge on any atom is -0.487 e. The molecule has 3 rings (SSSR count). The fraction of sp³-hybridized carbons (Fsp3) is 0.125. The highest BCUT2D eigenvalue weighted by molar-refractivity contribution is 14.1. The van der Waals surface area contributed by atoms with Gasteiger partial charge in [0.2, 0.25) is 0 Å². The molecule has 0 aliphatic heterocycles. The van der Waals surface area contributed by atoms with Gasteiger partial charge in [-0.15, -0.1) is 0 Å².